The molecule has 0 amide bonds. The Hall–Kier alpha value is -2.35. The Morgan fingerprint density at radius 1 is 0.947 bits per heavy atom. The van der Waals surface area contributed by atoms with E-state index in [4.69, 9.17) is 0 Å². The van der Waals surface area contributed by atoms with Gasteiger partial charge in [-0.3, -0.25) is 4.79 Å². The van der Waals surface area contributed by atoms with Crippen molar-refractivity contribution < 1.29 is 4.79 Å². The molecule has 0 unspecified atom stereocenters. The molecule has 3 aromatic rings. The molecular weight excluding hydrogens is 234 g/mol. The maximum absolute atomic E-state index is 12.5. The van der Waals surface area contributed by atoms with Crippen LogP contribution in [0.2, 0.25) is 0 Å². The van der Waals surface area contributed by atoms with Crippen molar-refractivity contribution in [3.63, 3.8) is 0 Å². The van der Waals surface area contributed by atoms with Gasteiger partial charge >= 0.3 is 0 Å². The first kappa shape index (κ1) is 11.7. The molecule has 2 heteroatoms. The van der Waals surface area contributed by atoms with Crippen LogP contribution in [0.4, 0.5) is 0 Å². The van der Waals surface area contributed by atoms with Crippen molar-refractivity contribution in [2.75, 3.05) is 0 Å². The van der Waals surface area contributed by atoms with Gasteiger partial charge in [-0.2, -0.15) is 0 Å². The first-order chi connectivity index (χ1) is 9.16. The monoisotopic (exact) mass is 249 g/mol. The highest BCUT2D eigenvalue weighted by Gasteiger charge is 2.15. The molecule has 0 fully saturated rings. The molecule has 0 spiro atoms. The third-order valence-electron chi connectivity index (χ3n) is 3.51. The number of ketones is 1. The fourth-order valence-electron chi connectivity index (χ4n) is 2.36. The van der Waals surface area contributed by atoms with E-state index in [9.17, 15) is 4.79 Å². The number of fused-ring (bicyclic) bond motifs is 1. The van der Waals surface area contributed by atoms with Gasteiger partial charge in [-0.25, -0.2) is 0 Å². The molecule has 1 aromatic heterocycles. The number of benzene rings is 2. The quantitative estimate of drug-likeness (QED) is 0.684. The molecule has 0 saturated heterocycles. The van der Waals surface area contributed by atoms with E-state index >= 15 is 0 Å². The maximum Gasteiger partial charge on any atom is 0.209 e. The fourth-order valence-corrected chi connectivity index (χ4v) is 2.36. The number of hydrogen-bond acceptors (Lipinski definition) is 1. The Morgan fingerprint density at radius 3 is 2.32 bits per heavy atom. The largest absolute Gasteiger partial charge is 0.352 e. The van der Waals surface area contributed by atoms with Crippen LogP contribution < -0.4 is 0 Å². The van der Waals surface area contributed by atoms with Gasteiger partial charge in [0.25, 0.3) is 0 Å². The zero-order valence-corrected chi connectivity index (χ0v) is 11.0. The van der Waals surface area contributed by atoms with Crippen LogP contribution in [-0.2, 0) is 0 Å². The number of para-hydroxylation sites is 1. The van der Waals surface area contributed by atoms with Gasteiger partial charge in [0.05, 0.1) is 5.69 Å². The summed E-state index contributed by atoms with van der Waals surface area (Å²) >= 11 is 0. The minimum Gasteiger partial charge on any atom is -0.352 e. The van der Waals surface area contributed by atoms with Gasteiger partial charge in [0.15, 0.2) is 0 Å². The van der Waals surface area contributed by atoms with E-state index in [1.54, 1.807) is 0 Å². The fraction of sp³-hybridized carbons (Fsp3) is 0.118. The predicted molar refractivity (Wildman–Crippen MR) is 77.6 cm³/mol. The molecule has 0 saturated carbocycles. The molecule has 0 aliphatic rings. The van der Waals surface area contributed by atoms with Gasteiger partial charge in [0, 0.05) is 16.5 Å². The van der Waals surface area contributed by atoms with E-state index in [0.717, 1.165) is 27.6 Å². The standard InChI is InChI=1S/C17H15NO/c1-11-7-9-13(10-8-11)17(19)16-12(2)14-5-3-4-6-15(14)18-16/h3-10,18H,1-2H3. The number of rotatable bonds is 2. The highest BCUT2D eigenvalue weighted by Crippen LogP contribution is 2.23. The van der Waals surface area contributed by atoms with E-state index in [-0.39, 0.29) is 5.78 Å². The molecule has 19 heavy (non-hydrogen) atoms. The average Bonchev–Trinajstić information content (AvgIpc) is 2.77. The van der Waals surface area contributed by atoms with Crippen LogP contribution in [0.1, 0.15) is 27.2 Å². The van der Waals surface area contributed by atoms with Gasteiger partial charge in [-0.15, -0.1) is 0 Å². The van der Waals surface area contributed by atoms with Crippen molar-refractivity contribution in [1.82, 2.24) is 4.98 Å². The average molecular weight is 249 g/mol. The zero-order chi connectivity index (χ0) is 13.4. The molecule has 0 bridgehead atoms. The summed E-state index contributed by atoms with van der Waals surface area (Å²) < 4.78 is 0. The lowest BCUT2D eigenvalue weighted by Crippen LogP contribution is -2.03. The van der Waals surface area contributed by atoms with Gasteiger partial charge < -0.3 is 4.98 Å². The molecule has 0 aliphatic carbocycles. The number of H-pyrrole nitrogens is 1. The summed E-state index contributed by atoms with van der Waals surface area (Å²) in [6.07, 6.45) is 0. The third-order valence-corrected chi connectivity index (χ3v) is 3.51. The topological polar surface area (TPSA) is 32.9 Å². The molecule has 0 radical (unpaired) electrons. The van der Waals surface area contributed by atoms with Crippen molar-refractivity contribution in [1.29, 1.82) is 0 Å². The van der Waals surface area contributed by atoms with E-state index in [0.29, 0.717) is 5.69 Å². The number of aryl methyl sites for hydroxylation is 2. The molecule has 1 N–H and O–H groups in total. The van der Waals surface area contributed by atoms with E-state index in [1.165, 1.54) is 0 Å². The zero-order valence-electron chi connectivity index (χ0n) is 11.0. The SMILES string of the molecule is Cc1ccc(C(=O)c2[nH]c3ccccc3c2C)cc1. The number of aromatic amines is 1. The van der Waals surface area contributed by atoms with Crippen molar-refractivity contribution in [3.05, 3.63) is 70.9 Å². The minimum absolute atomic E-state index is 0.0497. The smallest absolute Gasteiger partial charge is 0.209 e. The normalized spacial score (nSPS) is 10.8. The Morgan fingerprint density at radius 2 is 1.63 bits per heavy atom. The second kappa shape index (κ2) is 4.39. The van der Waals surface area contributed by atoms with Crippen LogP contribution in [0, 0.1) is 13.8 Å². The highest BCUT2D eigenvalue weighted by molar-refractivity contribution is 6.11. The lowest BCUT2D eigenvalue weighted by Gasteiger charge is -2.01. The van der Waals surface area contributed by atoms with Gasteiger partial charge in [-0.05, 0) is 25.5 Å². The minimum atomic E-state index is 0.0497. The predicted octanol–water partition coefficient (Wildman–Crippen LogP) is 4.02. The maximum atomic E-state index is 12.5. The van der Waals surface area contributed by atoms with Crippen LogP contribution in [0.15, 0.2) is 48.5 Å². The molecular formula is C17H15NO. The van der Waals surface area contributed by atoms with Gasteiger partial charge in [0.1, 0.15) is 0 Å². The van der Waals surface area contributed by atoms with Gasteiger partial charge in [0.2, 0.25) is 5.78 Å². The Labute approximate surface area is 112 Å². The Bertz CT molecular complexity index is 751. The number of hydrogen-bond donors (Lipinski definition) is 1. The number of aromatic nitrogens is 1. The third kappa shape index (κ3) is 1.95. The van der Waals surface area contributed by atoms with Gasteiger partial charge in [-0.1, -0.05) is 48.0 Å². The molecule has 2 nitrogen and oxygen atoms in total. The molecule has 0 aliphatic heterocycles. The first-order valence-corrected chi connectivity index (χ1v) is 6.35. The van der Waals surface area contributed by atoms with Crippen LogP contribution in [0.3, 0.4) is 0 Å². The number of carbonyl (C=O) groups excluding carboxylic acids is 1. The summed E-state index contributed by atoms with van der Waals surface area (Å²) in [7, 11) is 0. The molecule has 1 heterocycles. The lowest BCUT2D eigenvalue weighted by molar-refractivity contribution is 0.103. The van der Waals surface area contributed by atoms with Crippen LogP contribution in [-0.4, -0.2) is 10.8 Å². The van der Waals surface area contributed by atoms with Crippen molar-refractivity contribution in [2.45, 2.75) is 13.8 Å². The van der Waals surface area contributed by atoms with E-state index in [2.05, 4.69) is 4.98 Å². The van der Waals surface area contributed by atoms with Crippen molar-refractivity contribution >= 4 is 16.7 Å². The molecule has 94 valence electrons. The van der Waals surface area contributed by atoms with Crippen LogP contribution >= 0.6 is 0 Å². The van der Waals surface area contributed by atoms with E-state index < -0.39 is 0 Å². The molecule has 0 atom stereocenters. The van der Waals surface area contributed by atoms with E-state index in [1.807, 2.05) is 62.4 Å². The summed E-state index contributed by atoms with van der Waals surface area (Å²) in [6.45, 7) is 4.00. The van der Waals surface area contributed by atoms with Crippen LogP contribution in [0.25, 0.3) is 10.9 Å². The first-order valence-electron chi connectivity index (χ1n) is 6.35. The summed E-state index contributed by atoms with van der Waals surface area (Å²) in [4.78, 5) is 15.7. The summed E-state index contributed by atoms with van der Waals surface area (Å²) in [5, 5.41) is 1.11. The summed E-state index contributed by atoms with van der Waals surface area (Å²) in [5.41, 5.74) is 4.59. The van der Waals surface area contributed by atoms with Crippen molar-refractivity contribution in [3.8, 4) is 0 Å². The second-order valence-electron chi connectivity index (χ2n) is 4.87. The number of carbonyl (C=O) groups is 1. The Balaban J connectivity index is 2.11. The second-order valence-corrected chi connectivity index (χ2v) is 4.87. The highest BCUT2D eigenvalue weighted by atomic mass is 16.1. The lowest BCUT2D eigenvalue weighted by atomic mass is 10.0. The Kier molecular flexibility index (Phi) is 2.71. The number of nitrogens with one attached hydrogen (secondary N) is 1. The summed E-state index contributed by atoms with van der Waals surface area (Å²) in [5.74, 6) is 0.0497. The van der Waals surface area contributed by atoms with Crippen molar-refractivity contribution in [2.24, 2.45) is 0 Å². The molecule has 2 aromatic carbocycles. The molecule has 3 rings (SSSR count). The summed E-state index contributed by atoms with van der Waals surface area (Å²) in [6, 6.07) is 15.7. The van der Waals surface area contributed by atoms with Crippen LogP contribution in [0.5, 0.6) is 0 Å².